The molecule has 12 fully saturated rings. The number of esters is 2. The number of nitrogens with zero attached hydrogens (tertiary/aromatic N) is 2. The summed E-state index contributed by atoms with van der Waals surface area (Å²) in [6.45, 7) is 23.4. The Morgan fingerprint density at radius 3 is 1.12 bits per heavy atom. The van der Waals surface area contributed by atoms with E-state index in [4.69, 9.17) is 50.5 Å². The number of aliphatic carboxylic acids is 6. The number of carboxylic acids is 6. The van der Waals surface area contributed by atoms with Crippen LogP contribution in [0.2, 0.25) is 0 Å². The first-order chi connectivity index (χ1) is 41.3. The van der Waals surface area contributed by atoms with Crippen molar-refractivity contribution in [2.24, 2.45) is 97.7 Å². The third-order valence-corrected chi connectivity index (χ3v) is 21.6. The van der Waals surface area contributed by atoms with E-state index >= 15 is 0 Å². The van der Waals surface area contributed by atoms with Crippen LogP contribution in [0, 0.1) is 118 Å². The zero-order valence-corrected chi connectivity index (χ0v) is 73.5. The molecule has 10 saturated carbocycles. The standard InChI is InChI=1S/C14H16NO6.C14H18NO4.C13H16NO6.C9H12NO4.C9H14NO2.4CH4.I3.5Y/c1-3-6-20-12(19)15-7-21-11(18)14(15)5-4-8-9(14)13(8,2)10(16)17;1-4-7-18-12(17)15-8-19-11(16)14(15)6-5-9-10(14)13(9,2)3;1-3-6-20-11(19)14-13(10(17)18)5-4-7-8(13)12(7,2)9(15)16;1-8(6(11)12)4-2-3-9(10,5(4)8)7(13)14;1-8(2)5-3-4-9(10,6(5)8)7(11)12;;;;;1-3-2;;;;;/h3,5,8-9H,1,4,6-7H2,2H3,(H,16,17);4,6,9-10H,1,5,7-8H2,2-3H3;3,5,7-8H,1,4,6H2,2H3,(H,14,19)(H,15,16)(H,17,18);3-5H,2,10H2,1H3,(H,11,12)(H,13,14);4-6H,3,10H2,1-2H3,(H,11,12);4*1H4;;;;;;/q5*-1;;;;;-1;;;;;. The van der Waals surface area contributed by atoms with Gasteiger partial charge in [-0.2, -0.15) is 32.1 Å². The topological polar surface area (TPSA) is 426 Å². The van der Waals surface area contributed by atoms with Crippen molar-refractivity contribution in [3.8, 4) is 0 Å². The van der Waals surface area contributed by atoms with Crippen LogP contribution in [0.1, 0.15) is 110 Å². The van der Waals surface area contributed by atoms with Gasteiger partial charge < -0.3 is 71.1 Å². The summed E-state index contributed by atoms with van der Waals surface area (Å²) in [6.07, 6.45) is 13.5. The maximum absolute atomic E-state index is 12.2. The summed E-state index contributed by atoms with van der Waals surface area (Å²) in [6, 6.07) is 0. The first-order valence-corrected chi connectivity index (χ1v) is 41.0. The number of amides is 3. The van der Waals surface area contributed by atoms with Crippen molar-refractivity contribution in [1.29, 1.82) is 0 Å². The van der Waals surface area contributed by atoms with Crippen molar-refractivity contribution in [3.63, 3.8) is 0 Å². The minimum atomic E-state index is -1.68. The van der Waals surface area contributed by atoms with Crippen molar-refractivity contribution in [1.82, 2.24) is 15.1 Å². The van der Waals surface area contributed by atoms with Crippen LogP contribution >= 0.6 is 37.2 Å². The van der Waals surface area contributed by atoms with E-state index in [2.05, 4.69) is 90.0 Å². The molecule has 10 aliphatic carbocycles. The van der Waals surface area contributed by atoms with Gasteiger partial charge in [0, 0.05) is 180 Å². The Bertz CT molecular complexity index is 3020. The Kier molecular flexibility index (Phi) is 39.8. The van der Waals surface area contributed by atoms with E-state index in [0.29, 0.717) is 44.4 Å². The summed E-state index contributed by atoms with van der Waals surface area (Å²) in [7, 11) is 0. The van der Waals surface area contributed by atoms with Crippen LogP contribution in [0.3, 0.4) is 0 Å². The van der Waals surface area contributed by atoms with Crippen LogP contribution in [-0.4, -0.2) is 167 Å². The molecule has 5 radical (unpaired) electrons. The minimum Gasteiger partial charge on any atom is 0 e. The number of nitrogens with two attached hydrogens (primary N) is 2. The molecule has 0 aromatic rings. The number of ether oxygens (including phenoxy) is 5. The van der Waals surface area contributed by atoms with Gasteiger partial charge >= 0.3 is 98.6 Å². The van der Waals surface area contributed by atoms with E-state index in [9.17, 15) is 68.1 Å². The number of nitrogens with one attached hydrogen (secondary N) is 1. The third-order valence-electron chi connectivity index (χ3n) is 21.6. The molecular weight excluding hydrogens is 2000 g/mol. The van der Waals surface area contributed by atoms with Crippen LogP contribution in [0.5, 0.6) is 0 Å². The third kappa shape index (κ3) is 17.3. The monoisotopic (exact) mass is 2100 g/mol. The molecule has 11 N–H and O–H groups in total. The average Bonchev–Trinajstić information content (AvgIpc) is 1.52. The van der Waals surface area contributed by atoms with Crippen molar-refractivity contribution in [3.05, 3.63) is 70.1 Å². The number of hydrogen-bond donors (Lipinski definition) is 9. The molecule has 2 saturated heterocycles. The smallest absolute Gasteiger partial charge is 0 e. The van der Waals surface area contributed by atoms with E-state index in [-0.39, 0.29) is 273 Å². The van der Waals surface area contributed by atoms with Crippen molar-refractivity contribution < 1.29 is 284 Å². The molecule has 27 nitrogen and oxygen atoms in total. The van der Waals surface area contributed by atoms with E-state index in [1.807, 2.05) is 6.42 Å². The zero-order chi connectivity index (χ0) is 67.0. The number of carboxylic acid groups (broad SMARTS) is 6. The Morgan fingerprint density at radius 1 is 0.500 bits per heavy atom. The normalized spacial score (nSPS) is 36.9. The van der Waals surface area contributed by atoms with Crippen LogP contribution in [0.4, 0.5) is 14.4 Å². The van der Waals surface area contributed by atoms with Crippen molar-refractivity contribution >= 4 is 103 Å². The van der Waals surface area contributed by atoms with Crippen LogP contribution in [0.25, 0.3) is 0 Å². The maximum Gasteiger partial charge on any atom is 0 e. The van der Waals surface area contributed by atoms with Gasteiger partial charge in [-0.05, 0) is 90.0 Å². The van der Waals surface area contributed by atoms with Gasteiger partial charge in [-0.15, -0.1) is 0 Å². The molecule has 2 aliphatic heterocycles. The Morgan fingerprint density at radius 2 is 0.806 bits per heavy atom. The van der Waals surface area contributed by atoms with E-state index in [1.54, 1.807) is 26.7 Å². The summed E-state index contributed by atoms with van der Waals surface area (Å²) < 4.78 is 24.9. The fourth-order valence-corrected chi connectivity index (χ4v) is 16.5. The first kappa shape index (κ1) is 103. The maximum atomic E-state index is 12.2. The van der Waals surface area contributed by atoms with Gasteiger partial charge in [-0.1, -0.05) is 107 Å². The molecule has 12 aliphatic rings. The molecule has 2 spiro atoms. The van der Waals surface area contributed by atoms with Crippen LogP contribution in [0.15, 0.2) is 38.0 Å². The van der Waals surface area contributed by atoms with Crippen LogP contribution in [-0.2, 0) is 226 Å². The number of alkyl carbamates (subject to hydrolysis) is 1. The molecule has 35 heteroatoms. The summed E-state index contributed by atoms with van der Waals surface area (Å²) in [5.41, 5.74) is 2.24. The number of carbonyl (C=O) groups excluding carboxylic acids is 5. The average molecular weight is 2100 g/mol. The quantitative estimate of drug-likeness (QED) is 0.0389. The molecule has 18 unspecified atom stereocenters. The summed E-state index contributed by atoms with van der Waals surface area (Å²) in [4.78, 5) is 130. The van der Waals surface area contributed by atoms with Crippen molar-refractivity contribution in [2.45, 2.75) is 138 Å². The van der Waals surface area contributed by atoms with Gasteiger partial charge in [0.1, 0.15) is 19.8 Å². The molecule has 12 rings (SSSR count). The minimum absolute atomic E-state index is 0. The fourth-order valence-electron chi connectivity index (χ4n) is 16.5. The predicted octanol–water partition coefficient (Wildman–Crippen LogP) is 4.89. The van der Waals surface area contributed by atoms with Gasteiger partial charge in [0.25, 0.3) is 17.9 Å². The van der Waals surface area contributed by atoms with E-state index in [1.165, 1.54) is 47.8 Å². The number of cyclic esters (lactones) is 2. The van der Waals surface area contributed by atoms with Gasteiger partial charge in [-0.25, -0.2) is 14.4 Å². The first-order valence-electron chi connectivity index (χ1n) is 28.4. The molecule has 98 heavy (non-hydrogen) atoms. The fraction of sp³-hybridized carbons (Fsp3) is 0.651. The van der Waals surface area contributed by atoms with E-state index < -0.39 is 122 Å². The molecule has 0 aromatic heterocycles. The number of halogens is 3. The van der Waals surface area contributed by atoms with Crippen LogP contribution < -0.4 is 30.0 Å². The summed E-state index contributed by atoms with van der Waals surface area (Å²) in [5.74, 6) is -8.00. The second-order valence-corrected chi connectivity index (χ2v) is 42.3. The largest absolute Gasteiger partial charge is 0 e. The summed E-state index contributed by atoms with van der Waals surface area (Å²) >= 11 is 5.30. The van der Waals surface area contributed by atoms with Gasteiger partial charge in [0.2, 0.25) is 0 Å². The molecule has 2 heterocycles. The number of carbonyl (C=O) groups is 11. The van der Waals surface area contributed by atoms with Gasteiger partial charge in [0.05, 0.1) is 16.2 Å². The number of fused-ring (bicyclic) bond motifs is 7. The molecule has 0 aromatic carbocycles. The van der Waals surface area contributed by atoms with Gasteiger partial charge in [-0.3, -0.25) is 80.3 Å². The zero-order valence-electron chi connectivity index (χ0n) is 52.9. The predicted molar refractivity (Wildman–Crippen MR) is 348 cm³/mol. The van der Waals surface area contributed by atoms with Crippen molar-refractivity contribution in [2.75, 3.05) is 33.3 Å². The number of rotatable bonds is 13. The van der Waals surface area contributed by atoms with E-state index in [0.717, 1.165) is 12.8 Å². The Labute approximate surface area is 730 Å². The second kappa shape index (κ2) is 38.0. The van der Waals surface area contributed by atoms with Gasteiger partial charge in [0.15, 0.2) is 13.5 Å². The second-order valence-electron chi connectivity index (χ2n) is 26.1. The Hall–Kier alpha value is 0.419. The summed E-state index contributed by atoms with van der Waals surface area (Å²) in [5, 5.41) is 57.2. The molecule has 0 bridgehead atoms. The molecular formula is C63H92I3N5O22Y5-6. The SMILES string of the molecule is C.C.C.C.C=CCOC(=O)N1COC(=O)C12[CH-]CC1C2C1(C)C.C=CCOC(=O)N1COC(=O)C12[CH-]CC1C2C1(C)C(=O)O.C=CCOC(=O)NC1(C(=O)O)[CH-]CC2C1C2(C)C(=O)O.CC1(C(=O)O)C2C[CH-]C(N)(C(=O)O)C21.CC1(C)C2C[CH-]C(N)(C(=O)O)C21.I[I-]I.[Y].[Y].[Y].[Y].[Y]. The Balaban J connectivity index is -0.00000113. The molecule has 543 valence electrons. The molecule has 3 amide bonds. The number of hydrogen-bond acceptors (Lipinski definition) is 18. The molecule has 18 atom stereocenters.